The van der Waals surface area contributed by atoms with E-state index in [0.29, 0.717) is 5.41 Å². The number of hydrogen-bond acceptors (Lipinski definition) is 3. The molecule has 20 heavy (non-hydrogen) atoms. The summed E-state index contributed by atoms with van der Waals surface area (Å²) in [6.07, 6.45) is 4.37. The first-order chi connectivity index (χ1) is 9.46. The van der Waals surface area contributed by atoms with Gasteiger partial charge in [-0.05, 0) is 52.4 Å². The number of pyridine rings is 1. The van der Waals surface area contributed by atoms with E-state index in [2.05, 4.69) is 51.8 Å². The minimum atomic E-state index is 0.362. The van der Waals surface area contributed by atoms with Crippen molar-refractivity contribution in [2.24, 2.45) is 5.41 Å². The number of piperidine rings is 1. The zero-order valence-electron chi connectivity index (χ0n) is 12.0. The molecular weight excluding hydrogens is 314 g/mol. The van der Waals surface area contributed by atoms with E-state index in [4.69, 9.17) is 5.73 Å². The van der Waals surface area contributed by atoms with Crippen molar-refractivity contribution in [3.8, 4) is 0 Å². The molecule has 4 heteroatoms. The minimum absolute atomic E-state index is 0.362. The van der Waals surface area contributed by atoms with Gasteiger partial charge in [0, 0.05) is 34.8 Å². The number of anilines is 2. The maximum atomic E-state index is 6.10. The lowest BCUT2D eigenvalue weighted by Crippen LogP contribution is -2.40. The molecular formula is C16H20BrN3. The zero-order chi connectivity index (χ0) is 14.3. The highest BCUT2D eigenvalue weighted by atomic mass is 79.9. The largest absolute Gasteiger partial charge is 0.398 e. The topological polar surface area (TPSA) is 42.1 Å². The van der Waals surface area contributed by atoms with Crippen molar-refractivity contribution in [3.05, 3.63) is 28.9 Å². The van der Waals surface area contributed by atoms with Gasteiger partial charge >= 0.3 is 0 Å². The Labute approximate surface area is 128 Å². The minimum Gasteiger partial charge on any atom is -0.398 e. The highest BCUT2D eigenvalue weighted by Crippen LogP contribution is 2.36. The summed E-state index contributed by atoms with van der Waals surface area (Å²) in [6, 6.07) is 6.16. The Balaban J connectivity index is 2.10. The molecule has 0 amide bonds. The van der Waals surface area contributed by atoms with Gasteiger partial charge in [0.25, 0.3) is 0 Å². The van der Waals surface area contributed by atoms with Crippen molar-refractivity contribution in [2.45, 2.75) is 26.7 Å². The Hall–Kier alpha value is -1.29. The molecule has 1 aromatic carbocycles. The van der Waals surface area contributed by atoms with Crippen LogP contribution in [-0.4, -0.2) is 18.1 Å². The second-order valence-corrected chi connectivity index (χ2v) is 7.33. The Morgan fingerprint density at radius 2 is 2.15 bits per heavy atom. The first-order valence-corrected chi connectivity index (χ1v) is 7.84. The quantitative estimate of drug-likeness (QED) is 0.795. The fourth-order valence-corrected chi connectivity index (χ4v) is 3.42. The molecule has 1 saturated heterocycles. The SMILES string of the molecule is CC1(C)CCCN(c2ccc(N)c3cc(Br)cnc23)C1. The van der Waals surface area contributed by atoms with E-state index in [1.165, 1.54) is 18.5 Å². The second-order valence-electron chi connectivity index (χ2n) is 6.41. The average molecular weight is 334 g/mol. The van der Waals surface area contributed by atoms with E-state index < -0.39 is 0 Å². The van der Waals surface area contributed by atoms with E-state index in [1.807, 2.05) is 12.3 Å². The molecule has 1 aromatic heterocycles. The van der Waals surface area contributed by atoms with Gasteiger partial charge in [0.05, 0.1) is 11.2 Å². The van der Waals surface area contributed by atoms with Gasteiger partial charge in [0.2, 0.25) is 0 Å². The van der Waals surface area contributed by atoms with Gasteiger partial charge in [-0.15, -0.1) is 0 Å². The molecule has 2 heterocycles. The van der Waals surface area contributed by atoms with Crippen LogP contribution in [0.15, 0.2) is 28.9 Å². The fourth-order valence-electron chi connectivity index (χ4n) is 3.08. The molecule has 106 valence electrons. The number of nitrogens with zero attached hydrogens (tertiary/aromatic N) is 2. The predicted molar refractivity (Wildman–Crippen MR) is 89.1 cm³/mol. The van der Waals surface area contributed by atoms with Crippen LogP contribution in [0.5, 0.6) is 0 Å². The van der Waals surface area contributed by atoms with Crippen molar-refractivity contribution in [1.29, 1.82) is 0 Å². The monoisotopic (exact) mass is 333 g/mol. The van der Waals surface area contributed by atoms with Crippen LogP contribution in [0.1, 0.15) is 26.7 Å². The van der Waals surface area contributed by atoms with Gasteiger partial charge in [-0.1, -0.05) is 13.8 Å². The average Bonchev–Trinajstić information content (AvgIpc) is 2.38. The number of fused-ring (bicyclic) bond motifs is 1. The van der Waals surface area contributed by atoms with Crippen molar-refractivity contribution in [2.75, 3.05) is 23.7 Å². The molecule has 2 aromatic rings. The van der Waals surface area contributed by atoms with E-state index in [-0.39, 0.29) is 0 Å². The number of nitrogen functional groups attached to an aromatic ring is 1. The molecule has 3 rings (SSSR count). The van der Waals surface area contributed by atoms with E-state index in [1.54, 1.807) is 0 Å². The van der Waals surface area contributed by atoms with Crippen molar-refractivity contribution >= 4 is 38.2 Å². The molecule has 0 unspecified atom stereocenters. The summed E-state index contributed by atoms with van der Waals surface area (Å²) in [6.45, 7) is 6.84. The lowest BCUT2D eigenvalue weighted by molar-refractivity contribution is 0.293. The third-order valence-electron chi connectivity index (χ3n) is 4.07. The Kier molecular flexibility index (Phi) is 3.36. The first-order valence-electron chi connectivity index (χ1n) is 7.05. The number of benzene rings is 1. The van der Waals surface area contributed by atoms with Crippen LogP contribution in [0.3, 0.4) is 0 Å². The molecule has 1 aliphatic heterocycles. The molecule has 0 saturated carbocycles. The fraction of sp³-hybridized carbons (Fsp3) is 0.438. The molecule has 0 radical (unpaired) electrons. The van der Waals surface area contributed by atoms with E-state index >= 15 is 0 Å². The van der Waals surface area contributed by atoms with Crippen LogP contribution < -0.4 is 10.6 Å². The maximum absolute atomic E-state index is 6.10. The lowest BCUT2D eigenvalue weighted by Gasteiger charge is -2.39. The summed E-state index contributed by atoms with van der Waals surface area (Å²) in [5.74, 6) is 0. The van der Waals surface area contributed by atoms with Gasteiger partial charge in [-0.2, -0.15) is 0 Å². The maximum Gasteiger partial charge on any atom is 0.0956 e. The molecule has 3 nitrogen and oxygen atoms in total. The van der Waals surface area contributed by atoms with Crippen molar-refractivity contribution < 1.29 is 0 Å². The van der Waals surface area contributed by atoms with Crippen LogP contribution in [0, 0.1) is 5.41 Å². The molecule has 0 spiro atoms. The Morgan fingerprint density at radius 3 is 2.90 bits per heavy atom. The predicted octanol–water partition coefficient (Wildman–Crippen LogP) is 4.21. The molecule has 2 N–H and O–H groups in total. The van der Waals surface area contributed by atoms with E-state index in [9.17, 15) is 0 Å². The van der Waals surface area contributed by atoms with Crippen LogP contribution >= 0.6 is 15.9 Å². The van der Waals surface area contributed by atoms with Crippen LogP contribution in [0.2, 0.25) is 0 Å². The smallest absolute Gasteiger partial charge is 0.0956 e. The van der Waals surface area contributed by atoms with Crippen LogP contribution in [0.25, 0.3) is 10.9 Å². The van der Waals surface area contributed by atoms with Gasteiger partial charge in [0.15, 0.2) is 0 Å². The van der Waals surface area contributed by atoms with Crippen LogP contribution in [0.4, 0.5) is 11.4 Å². The normalized spacial score (nSPS) is 18.4. The number of rotatable bonds is 1. The second kappa shape index (κ2) is 4.92. The summed E-state index contributed by atoms with van der Waals surface area (Å²) in [5, 5.41) is 1.03. The Morgan fingerprint density at radius 1 is 1.35 bits per heavy atom. The molecule has 0 bridgehead atoms. The van der Waals surface area contributed by atoms with Gasteiger partial charge in [0.1, 0.15) is 0 Å². The molecule has 1 aliphatic rings. The van der Waals surface area contributed by atoms with Gasteiger partial charge in [-0.25, -0.2) is 0 Å². The highest BCUT2D eigenvalue weighted by molar-refractivity contribution is 9.10. The summed E-state index contributed by atoms with van der Waals surface area (Å²) >= 11 is 3.47. The van der Waals surface area contributed by atoms with E-state index in [0.717, 1.165) is 34.2 Å². The number of halogens is 1. The molecule has 1 fully saturated rings. The third-order valence-corrected chi connectivity index (χ3v) is 4.50. The van der Waals surface area contributed by atoms with Crippen molar-refractivity contribution in [3.63, 3.8) is 0 Å². The number of nitrogens with two attached hydrogens (primary N) is 1. The molecule has 0 atom stereocenters. The number of aromatic nitrogens is 1. The Bertz CT molecular complexity index is 651. The zero-order valence-corrected chi connectivity index (χ0v) is 13.6. The standard InChI is InChI=1S/C16H20BrN3/c1-16(2)6-3-7-20(10-16)14-5-4-13(18)12-8-11(17)9-19-15(12)14/h4-5,8-9H,3,6-7,10,18H2,1-2H3. The first kappa shape index (κ1) is 13.7. The summed E-state index contributed by atoms with van der Waals surface area (Å²) in [4.78, 5) is 7.05. The summed E-state index contributed by atoms with van der Waals surface area (Å²) in [7, 11) is 0. The lowest BCUT2D eigenvalue weighted by atomic mass is 9.84. The van der Waals surface area contributed by atoms with Crippen LogP contribution in [-0.2, 0) is 0 Å². The van der Waals surface area contributed by atoms with Gasteiger partial charge in [-0.3, -0.25) is 4.98 Å². The highest BCUT2D eigenvalue weighted by Gasteiger charge is 2.27. The van der Waals surface area contributed by atoms with Gasteiger partial charge < -0.3 is 10.6 Å². The molecule has 0 aliphatic carbocycles. The van der Waals surface area contributed by atoms with Crippen molar-refractivity contribution in [1.82, 2.24) is 4.98 Å². The summed E-state index contributed by atoms with van der Waals surface area (Å²) in [5.41, 5.74) is 9.45. The number of hydrogen-bond donors (Lipinski definition) is 1. The third kappa shape index (κ3) is 2.49. The summed E-state index contributed by atoms with van der Waals surface area (Å²) < 4.78 is 0.966.